The lowest BCUT2D eigenvalue weighted by Gasteiger charge is -2.03. The second-order valence-electron chi connectivity index (χ2n) is 4.41. The Kier molecular flexibility index (Phi) is 4.55. The molecule has 0 fully saturated rings. The molecule has 1 aromatic heterocycles. The topological polar surface area (TPSA) is 40.7 Å². The second-order valence-corrected chi connectivity index (χ2v) is 5.33. The van der Waals surface area contributed by atoms with Gasteiger partial charge in [0.1, 0.15) is 5.82 Å². The number of aromatic amines is 1. The second kappa shape index (κ2) is 6.16. The van der Waals surface area contributed by atoms with Crippen molar-refractivity contribution >= 4 is 15.9 Å². The molecule has 2 N–H and O–H groups in total. The molecule has 4 heteroatoms. The number of hydrogen-bond donors (Lipinski definition) is 2. The molecule has 0 saturated carbocycles. The number of nitrogens with zero attached hydrogens (tertiary/aromatic N) is 1. The van der Waals surface area contributed by atoms with E-state index in [1.165, 1.54) is 11.1 Å². The van der Waals surface area contributed by atoms with E-state index in [-0.39, 0.29) is 0 Å². The van der Waals surface area contributed by atoms with E-state index in [9.17, 15) is 0 Å². The SMILES string of the molecule is CNCCCc1ncc(-c2cc(Br)ccc2C)[nH]1. The average molecular weight is 308 g/mol. The number of benzene rings is 1. The average Bonchev–Trinajstić information content (AvgIpc) is 2.81. The zero-order valence-electron chi connectivity index (χ0n) is 10.8. The van der Waals surface area contributed by atoms with Gasteiger partial charge in [0.05, 0.1) is 11.9 Å². The first kappa shape index (κ1) is 13.3. The van der Waals surface area contributed by atoms with Crippen molar-refractivity contribution in [3.8, 4) is 11.3 Å². The van der Waals surface area contributed by atoms with E-state index in [0.29, 0.717) is 0 Å². The van der Waals surface area contributed by atoms with Gasteiger partial charge < -0.3 is 10.3 Å². The molecular formula is C14H18BrN3. The van der Waals surface area contributed by atoms with Gasteiger partial charge in [0.2, 0.25) is 0 Å². The Labute approximate surface area is 116 Å². The van der Waals surface area contributed by atoms with Crippen molar-refractivity contribution in [1.82, 2.24) is 15.3 Å². The number of aromatic nitrogens is 2. The molecule has 1 aromatic carbocycles. The number of halogens is 1. The summed E-state index contributed by atoms with van der Waals surface area (Å²) in [6.45, 7) is 3.13. The van der Waals surface area contributed by atoms with Crippen molar-refractivity contribution in [2.45, 2.75) is 19.8 Å². The van der Waals surface area contributed by atoms with Crippen LogP contribution in [0, 0.1) is 6.92 Å². The van der Waals surface area contributed by atoms with Gasteiger partial charge in [0.25, 0.3) is 0 Å². The standard InChI is InChI=1S/C14H18BrN3/c1-10-5-6-11(15)8-12(10)13-9-17-14(18-13)4-3-7-16-2/h5-6,8-9,16H,3-4,7H2,1-2H3,(H,17,18). The zero-order valence-corrected chi connectivity index (χ0v) is 12.3. The van der Waals surface area contributed by atoms with Gasteiger partial charge in [-0.1, -0.05) is 22.0 Å². The Morgan fingerprint density at radius 1 is 1.39 bits per heavy atom. The van der Waals surface area contributed by atoms with E-state index in [1.54, 1.807) is 0 Å². The molecule has 2 aromatic rings. The van der Waals surface area contributed by atoms with Crippen molar-refractivity contribution < 1.29 is 0 Å². The van der Waals surface area contributed by atoms with Crippen LogP contribution in [0.1, 0.15) is 17.8 Å². The normalized spacial score (nSPS) is 10.8. The Bertz CT molecular complexity index is 520. The van der Waals surface area contributed by atoms with Crippen molar-refractivity contribution in [2.75, 3.05) is 13.6 Å². The molecule has 2 rings (SSSR count). The summed E-state index contributed by atoms with van der Waals surface area (Å²) in [5, 5.41) is 3.15. The van der Waals surface area contributed by atoms with Crippen molar-refractivity contribution in [3.63, 3.8) is 0 Å². The molecule has 0 aliphatic heterocycles. The molecular weight excluding hydrogens is 290 g/mol. The lowest BCUT2D eigenvalue weighted by Crippen LogP contribution is -2.08. The minimum atomic E-state index is 0.980. The highest BCUT2D eigenvalue weighted by molar-refractivity contribution is 9.10. The first-order chi connectivity index (χ1) is 8.70. The fourth-order valence-electron chi connectivity index (χ4n) is 1.94. The first-order valence-electron chi connectivity index (χ1n) is 6.15. The summed E-state index contributed by atoms with van der Waals surface area (Å²) in [4.78, 5) is 7.83. The summed E-state index contributed by atoms with van der Waals surface area (Å²) >= 11 is 3.51. The lowest BCUT2D eigenvalue weighted by molar-refractivity contribution is 0.707. The molecule has 0 unspecified atom stereocenters. The quantitative estimate of drug-likeness (QED) is 0.832. The molecule has 0 atom stereocenters. The van der Waals surface area contributed by atoms with E-state index in [1.807, 2.05) is 13.2 Å². The monoisotopic (exact) mass is 307 g/mol. The van der Waals surface area contributed by atoms with Crippen LogP contribution in [-0.2, 0) is 6.42 Å². The molecule has 3 nitrogen and oxygen atoms in total. The van der Waals surface area contributed by atoms with Crippen LogP contribution in [0.4, 0.5) is 0 Å². The Hall–Kier alpha value is -1.13. The molecule has 0 aliphatic carbocycles. The minimum absolute atomic E-state index is 0.980. The van der Waals surface area contributed by atoms with E-state index in [2.05, 4.69) is 56.3 Å². The molecule has 96 valence electrons. The van der Waals surface area contributed by atoms with Gasteiger partial charge >= 0.3 is 0 Å². The Morgan fingerprint density at radius 2 is 2.22 bits per heavy atom. The highest BCUT2D eigenvalue weighted by Crippen LogP contribution is 2.25. The van der Waals surface area contributed by atoms with Crippen LogP contribution < -0.4 is 5.32 Å². The number of hydrogen-bond acceptors (Lipinski definition) is 2. The largest absolute Gasteiger partial charge is 0.342 e. The van der Waals surface area contributed by atoms with Crippen molar-refractivity contribution in [3.05, 3.63) is 40.3 Å². The fraction of sp³-hybridized carbons (Fsp3) is 0.357. The first-order valence-corrected chi connectivity index (χ1v) is 6.95. The van der Waals surface area contributed by atoms with Crippen LogP contribution in [0.2, 0.25) is 0 Å². The Balaban J connectivity index is 2.16. The number of H-pyrrole nitrogens is 1. The summed E-state index contributed by atoms with van der Waals surface area (Å²) in [6.07, 6.45) is 4.00. The molecule has 1 heterocycles. The smallest absolute Gasteiger partial charge is 0.106 e. The maximum atomic E-state index is 4.44. The predicted octanol–water partition coefficient (Wildman–Crippen LogP) is 3.30. The molecule has 0 bridgehead atoms. The van der Waals surface area contributed by atoms with Crippen LogP contribution in [0.25, 0.3) is 11.3 Å². The Morgan fingerprint density at radius 3 is 3.00 bits per heavy atom. The van der Waals surface area contributed by atoms with Crippen molar-refractivity contribution in [1.29, 1.82) is 0 Å². The maximum absolute atomic E-state index is 4.44. The number of aryl methyl sites for hydroxylation is 2. The molecule has 0 amide bonds. The van der Waals surface area contributed by atoms with Gasteiger partial charge in [0.15, 0.2) is 0 Å². The predicted molar refractivity (Wildman–Crippen MR) is 78.7 cm³/mol. The van der Waals surface area contributed by atoms with E-state index < -0.39 is 0 Å². The van der Waals surface area contributed by atoms with Gasteiger partial charge in [-0.15, -0.1) is 0 Å². The molecule has 18 heavy (non-hydrogen) atoms. The van der Waals surface area contributed by atoms with Crippen LogP contribution in [0.3, 0.4) is 0 Å². The van der Waals surface area contributed by atoms with E-state index in [4.69, 9.17) is 0 Å². The summed E-state index contributed by atoms with van der Waals surface area (Å²) in [7, 11) is 1.97. The highest BCUT2D eigenvalue weighted by atomic mass is 79.9. The molecule has 0 aliphatic rings. The van der Waals surface area contributed by atoms with Gasteiger partial charge in [-0.25, -0.2) is 4.98 Å². The number of nitrogens with one attached hydrogen (secondary N) is 2. The third-order valence-corrected chi connectivity index (χ3v) is 3.45. The summed E-state index contributed by atoms with van der Waals surface area (Å²) < 4.78 is 1.09. The summed E-state index contributed by atoms with van der Waals surface area (Å²) in [5.41, 5.74) is 3.55. The van der Waals surface area contributed by atoms with Crippen LogP contribution >= 0.6 is 15.9 Å². The molecule has 0 saturated heterocycles. The van der Waals surface area contributed by atoms with Gasteiger partial charge in [-0.3, -0.25) is 0 Å². The van der Waals surface area contributed by atoms with Gasteiger partial charge in [-0.05, 0) is 44.6 Å². The van der Waals surface area contributed by atoms with Crippen LogP contribution in [0.5, 0.6) is 0 Å². The molecule has 0 radical (unpaired) electrons. The summed E-state index contributed by atoms with van der Waals surface area (Å²) in [5.74, 6) is 1.06. The molecule has 0 spiro atoms. The van der Waals surface area contributed by atoms with E-state index >= 15 is 0 Å². The highest BCUT2D eigenvalue weighted by Gasteiger charge is 2.06. The van der Waals surface area contributed by atoms with Crippen LogP contribution in [0.15, 0.2) is 28.9 Å². The minimum Gasteiger partial charge on any atom is -0.342 e. The van der Waals surface area contributed by atoms with E-state index in [0.717, 1.165) is 35.4 Å². The number of rotatable bonds is 5. The fourth-order valence-corrected chi connectivity index (χ4v) is 2.30. The third-order valence-electron chi connectivity index (χ3n) is 2.96. The lowest BCUT2D eigenvalue weighted by atomic mass is 10.1. The van der Waals surface area contributed by atoms with Crippen molar-refractivity contribution in [2.24, 2.45) is 0 Å². The van der Waals surface area contributed by atoms with Crippen LogP contribution in [-0.4, -0.2) is 23.6 Å². The summed E-state index contributed by atoms with van der Waals surface area (Å²) in [6, 6.07) is 6.30. The zero-order chi connectivity index (χ0) is 13.0. The maximum Gasteiger partial charge on any atom is 0.106 e. The van der Waals surface area contributed by atoms with Gasteiger partial charge in [0, 0.05) is 16.5 Å². The number of imidazole rings is 1. The van der Waals surface area contributed by atoms with Gasteiger partial charge in [-0.2, -0.15) is 0 Å². The third kappa shape index (κ3) is 3.21.